The number of nitriles is 1. The molecule has 0 saturated heterocycles. The molecule has 0 saturated carbocycles. The lowest BCUT2D eigenvalue weighted by molar-refractivity contribution is -0.387. The van der Waals surface area contributed by atoms with Gasteiger partial charge in [-0.2, -0.15) is 5.26 Å². The lowest BCUT2D eigenvalue weighted by Crippen LogP contribution is -2.35. The summed E-state index contributed by atoms with van der Waals surface area (Å²) < 4.78 is 39.4. The highest BCUT2D eigenvalue weighted by atomic mass is 16.9. The van der Waals surface area contributed by atoms with Gasteiger partial charge in [0.25, 0.3) is 5.97 Å². The molecular weight excluding hydrogens is 1450 g/mol. The molecule has 7 aromatic carbocycles. The lowest BCUT2D eigenvalue weighted by Gasteiger charge is -2.27. The number of ether oxygens (including phenoxy) is 6. The normalized spacial score (nSPS) is 11.7. The Labute approximate surface area is 616 Å². The summed E-state index contributed by atoms with van der Waals surface area (Å²) in [6, 6.07) is 31.0. The summed E-state index contributed by atoms with van der Waals surface area (Å²) in [7, 11) is 3.42. The van der Waals surface area contributed by atoms with Crippen molar-refractivity contribution < 1.29 is 137 Å². The molecule has 0 fully saturated rings. The van der Waals surface area contributed by atoms with Gasteiger partial charge >= 0.3 is 46.6 Å². The molecule has 0 spiro atoms. The molecule has 0 radical (unpaired) electrons. The Morgan fingerprint density at radius 1 is 0.505 bits per heavy atom. The quantitative estimate of drug-likeness (QED) is 0.00391. The first-order valence-electron chi connectivity index (χ1n) is 31.1. The van der Waals surface area contributed by atoms with Gasteiger partial charge in [0.05, 0.1) is 69.5 Å². The summed E-state index contributed by atoms with van der Waals surface area (Å²) in [5, 5.41) is 152. The molecule has 5 atom stereocenters. The van der Waals surface area contributed by atoms with Crippen LogP contribution < -0.4 is 5.73 Å². The monoisotopic (exact) mass is 1530 g/mol. The van der Waals surface area contributed by atoms with Crippen molar-refractivity contribution in [3.8, 4) is 34.8 Å². The summed E-state index contributed by atoms with van der Waals surface area (Å²) >= 11 is 0. The molecule has 40 heteroatoms. The topological polar surface area (TPSA) is 638 Å². The Morgan fingerprint density at radius 3 is 1.18 bits per heavy atom. The smallest absolute Gasteiger partial charge is 0.339 e. The van der Waals surface area contributed by atoms with E-state index in [-0.39, 0.29) is 50.7 Å². The molecule has 9 rings (SSSR count). The summed E-state index contributed by atoms with van der Waals surface area (Å²) in [6.45, 7) is 14.2. The molecule has 13 N–H and O–H groups in total. The Hall–Kier alpha value is -13.4. The number of aromatic hydroxyl groups is 5. The third-order valence-electron chi connectivity index (χ3n) is 13.8. The zero-order valence-corrected chi connectivity index (χ0v) is 59.4. The number of aromatic nitrogens is 2. The van der Waals surface area contributed by atoms with Crippen LogP contribution in [0.15, 0.2) is 136 Å². The van der Waals surface area contributed by atoms with Crippen LogP contribution in [0.1, 0.15) is 114 Å². The number of nitrogens with zero attached hydrogens (tertiary/aromatic N) is 7. The number of methoxy groups -OCH3 is 3. The molecule has 0 amide bonds. The fraction of sp³-hybridized carbons (Fsp3) is 0.275. The van der Waals surface area contributed by atoms with E-state index < -0.39 is 114 Å². The SMILES string of the molecule is CCOC(C)(OCC)OCC.COC(=O)C(O)c1cccc(O)c1N.COC(=O)C(O)c1cccc(O)c1[N+](=O)[O-].COC(=O)C(O)c1cccc2oc(C)nc12.Cc1cccc(O)c1[N+](=O)[O-].Cc1nc2c(C(O)C(=O)O)cccc2o1.N#CC(O)c1cccc(O)c1[N+](=O)[O-].O=Cc1cccc(O)c1[N+](=O)[O-]. The van der Waals surface area contributed by atoms with Gasteiger partial charge in [-0.15, -0.1) is 0 Å². The highest BCUT2D eigenvalue weighted by molar-refractivity contribution is 5.86. The predicted molar refractivity (Wildman–Crippen MR) is 377 cm³/mol. The number of aliphatic carboxylic acids is 1. The van der Waals surface area contributed by atoms with Crippen molar-refractivity contribution in [2.24, 2.45) is 0 Å². The Bertz CT molecular complexity index is 4620. The van der Waals surface area contributed by atoms with Crippen molar-refractivity contribution >= 4 is 80.8 Å². The maximum absolute atomic E-state index is 11.2. The van der Waals surface area contributed by atoms with Crippen LogP contribution in [0.2, 0.25) is 0 Å². The summed E-state index contributed by atoms with van der Waals surface area (Å²) in [4.78, 5) is 101. The number of benzene rings is 7. The van der Waals surface area contributed by atoms with Crippen molar-refractivity contribution in [1.82, 2.24) is 9.97 Å². The van der Waals surface area contributed by atoms with Crippen molar-refractivity contribution in [1.29, 1.82) is 5.26 Å². The van der Waals surface area contributed by atoms with E-state index in [2.05, 4.69) is 24.2 Å². The molecule has 0 bridgehead atoms. The molecule has 5 unspecified atom stereocenters. The summed E-state index contributed by atoms with van der Waals surface area (Å²) in [5.41, 5.74) is 5.82. The van der Waals surface area contributed by atoms with Gasteiger partial charge in [-0.05, 0) is 88.4 Å². The minimum absolute atomic E-state index is 0.0228. The number of aldehydes is 1. The van der Waals surface area contributed by atoms with E-state index >= 15 is 0 Å². The molecule has 0 aliphatic heterocycles. The van der Waals surface area contributed by atoms with Crippen molar-refractivity contribution in [3.63, 3.8) is 0 Å². The van der Waals surface area contributed by atoms with Crippen LogP contribution in [0.25, 0.3) is 22.2 Å². The van der Waals surface area contributed by atoms with Gasteiger partial charge in [-0.3, -0.25) is 45.3 Å². The fourth-order valence-corrected chi connectivity index (χ4v) is 8.90. The maximum Gasteiger partial charge on any atom is 0.339 e. The van der Waals surface area contributed by atoms with E-state index in [0.29, 0.717) is 71.2 Å². The number of anilines is 1. The largest absolute Gasteiger partial charge is 0.506 e. The fourth-order valence-electron chi connectivity index (χ4n) is 8.90. The number of nitrogen functional groups attached to an aromatic ring is 1. The number of nitrogens with two attached hydrogens (primary N) is 1. The number of oxazole rings is 2. The number of aliphatic hydroxyl groups is 5. The number of carbonyl (C=O) groups is 5. The van der Waals surface area contributed by atoms with Crippen LogP contribution in [-0.2, 0) is 47.6 Å². The number of carbonyl (C=O) groups excluding carboxylic acids is 4. The van der Waals surface area contributed by atoms with Gasteiger partial charge in [0.2, 0.25) is 0 Å². The van der Waals surface area contributed by atoms with E-state index in [4.69, 9.17) is 59.6 Å². The molecular formula is C69H76N8O32. The van der Waals surface area contributed by atoms with Gasteiger partial charge < -0.3 is 99.2 Å². The molecule has 584 valence electrons. The van der Waals surface area contributed by atoms with Crippen LogP contribution >= 0.6 is 0 Å². The highest BCUT2D eigenvalue weighted by Crippen LogP contribution is 2.36. The molecule has 2 heterocycles. The van der Waals surface area contributed by atoms with Gasteiger partial charge in [0, 0.05) is 62.8 Å². The number of carboxylic acids is 1. The van der Waals surface area contributed by atoms with Crippen molar-refractivity contribution in [2.45, 2.75) is 85.0 Å². The van der Waals surface area contributed by atoms with E-state index in [1.807, 2.05) is 20.8 Å². The van der Waals surface area contributed by atoms with Crippen LogP contribution in [0.4, 0.5) is 28.4 Å². The minimum Gasteiger partial charge on any atom is -0.506 e. The first-order chi connectivity index (χ1) is 51.3. The first-order valence-corrected chi connectivity index (χ1v) is 31.1. The number of esters is 3. The number of aliphatic hydroxyl groups excluding tert-OH is 5. The number of phenols is 5. The predicted octanol–water partition coefficient (Wildman–Crippen LogP) is 8.63. The molecule has 2 aromatic heterocycles. The number of phenolic OH excluding ortho intramolecular Hbond substituents is 5. The maximum atomic E-state index is 11.2. The molecule has 0 aliphatic rings. The van der Waals surface area contributed by atoms with E-state index in [9.17, 15) is 95.1 Å². The van der Waals surface area contributed by atoms with Gasteiger partial charge in [0.1, 0.15) is 16.8 Å². The van der Waals surface area contributed by atoms with Crippen molar-refractivity contribution in [2.75, 3.05) is 46.9 Å². The standard InChI is InChI=1S/C11H11NO4.C10H9NO4.C9H9NO6.C9H11NO4.C8H6N2O4.C8H18O3.C7H5NO4.C7H7NO3/c1-6-12-9-7(10(13)11(14)15-2)4-3-5-8(9)16-6;1-5-11-8-6(9(12)10(13)14)3-2-4-7(8)15-5;1-16-9(13)8(12)5-3-2-4-6(11)7(5)10(14)15;1-14-9(13)8(12)5-3-2-4-6(11)7(5)10;9-4-7(12)5-2-1-3-6(11)8(5)10(13)14;1-5-9-8(4,10-6-2)11-7-3;9-4-5-2-1-3-6(10)7(5)8(11)12;1-5-3-2-4-6(9)7(5)8(10)11/h3-5,10,13H,1-2H3;2-4,9,12H,1H3,(H,13,14);2-4,8,11-12H,1H3;2-4,8,11-12H,10H2,1H3;1-3,7,11-12H;5-7H2,1-4H3;1-4,10H;2-4,9H,1H3. The number of aryl methyl sites for hydroxylation is 3. The van der Waals surface area contributed by atoms with Gasteiger partial charge in [-0.25, -0.2) is 29.1 Å². The van der Waals surface area contributed by atoms with Crippen LogP contribution in [0.3, 0.4) is 0 Å². The number of hydrogen-bond acceptors (Lipinski definition) is 35. The lowest BCUT2D eigenvalue weighted by atomic mass is 10.1. The van der Waals surface area contributed by atoms with Gasteiger partial charge in [-0.1, -0.05) is 66.7 Å². The Morgan fingerprint density at radius 2 is 0.826 bits per heavy atom. The number of para-hydroxylation sites is 7. The zero-order chi connectivity index (χ0) is 82.7. The number of carboxylic acid groups (broad SMARTS) is 1. The minimum atomic E-state index is -1.79. The number of fused-ring (bicyclic) bond motifs is 2. The highest BCUT2D eigenvalue weighted by Gasteiger charge is 2.31. The van der Waals surface area contributed by atoms with Gasteiger partial charge in [0.15, 0.2) is 82.8 Å². The second-order valence-electron chi connectivity index (χ2n) is 21.1. The molecule has 9 aromatic rings. The summed E-state index contributed by atoms with van der Waals surface area (Å²) in [5.74, 6) is -5.93. The van der Waals surface area contributed by atoms with Crippen molar-refractivity contribution in [3.05, 3.63) is 219 Å². The molecule has 0 aliphatic carbocycles. The number of hydrogen-bond donors (Lipinski definition) is 12. The summed E-state index contributed by atoms with van der Waals surface area (Å²) in [6.07, 6.45) is -7.44. The second kappa shape index (κ2) is 44.4. The second-order valence-corrected chi connectivity index (χ2v) is 21.1. The number of nitro benzene ring substituents is 4. The zero-order valence-electron chi connectivity index (χ0n) is 59.4. The first kappa shape index (κ1) is 91.7. The third-order valence-corrected chi connectivity index (χ3v) is 13.8. The van der Waals surface area contributed by atoms with Crippen LogP contribution in [0, 0.1) is 72.6 Å². The Balaban J connectivity index is 0.000000425. The number of rotatable bonds is 20. The van der Waals surface area contributed by atoms with E-state index in [1.54, 1.807) is 70.2 Å². The van der Waals surface area contributed by atoms with Crippen LogP contribution in [-0.4, -0.2) is 163 Å². The van der Waals surface area contributed by atoms with Crippen LogP contribution in [0.5, 0.6) is 28.7 Å². The Kier molecular flexibility index (Phi) is 37.4. The average molecular weight is 1530 g/mol. The molecule has 109 heavy (non-hydrogen) atoms. The van der Waals surface area contributed by atoms with E-state index in [1.165, 1.54) is 79.9 Å². The van der Waals surface area contributed by atoms with E-state index in [0.717, 1.165) is 32.4 Å². The third kappa shape index (κ3) is 26.6. The number of nitro groups is 4. The molecule has 40 nitrogen and oxygen atoms in total. The average Bonchev–Trinajstić information content (AvgIpc) is 1.80.